The Morgan fingerprint density at radius 2 is 2.16 bits per heavy atom. The van der Waals surface area contributed by atoms with Crippen molar-refractivity contribution in [3.05, 3.63) is 21.3 Å². The standard InChI is InChI=1S/C14H21ClN2OS/c1-10(12-7-8-13(15)19-12)16-9-14(18)17-11-5-3-2-4-6-11/h7-8,10-11,16H,2-6,9H2,1H3,(H,17,18). The summed E-state index contributed by atoms with van der Waals surface area (Å²) in [5.41, 5.74) is 0. The highest BCUT2D eigenvalue weighted by molar-refractivity contribution is 7.16. The number of halogens is 1. The van der Waals surface area contributed by atoms with Crippen LogP contribution in [-0.4, -0.2) is 18.5 Å². The van der Waals surface area contributed by atoms with E-state index in [2.05, 4.69) is 17.6 Å². The lowest BCUT2D eigenvalue weighted by Gasteiger charge is -2.23. The van der Waals surface area contributed by atoms with Crippen LogP contribution in [0.3, 0.4) is 0 Å². The first-order valence-electron chi connectivity index (χ1n) is 6.93. The van der Waals surface area contributed by atoms with Crippen molar-refractivity contribution in [2.24, 2.45) is 0 Å². The molecule has 2 rings (SSSR count). The van der Waals surface area contributed by atoms with Crippen LogP contribution in [0.2, 0.25) is 4.34 Å². The second kappa shape index (κ2) is 7.27. The fraction of sp³-hybridized carbons (Fsp3) is 0.643. The first kappa shape index (κ1) is 14.8. The second-order valence-electron chi connectivity index (χ2n) is 5.15. The first-order valence-corrected chi connectivity index (χ1v) is 8.12. The lowest BCUT2D eigenvalue weighted by atomic mass is 9.95. The Kier molecular flexibility index (Phi) is 5.67. The van der Waals surface area contributed by atoms with Crippen LogP contribution in [0.25, 0.3) is 0 Å². The van der Waals surface area contributed by atoms with Crippen molar-refractivity contribution in [2.75, 3.05) is 6.54 Å². The predicted octanol–water partition coefficient (Wildman–Crippen LogP) is 3.50. The molecule has 1 heterocycles. The van der Waals surface area contributed by atoms with Gasteiger partial charge in [0.25, 0.3) is 0 Å². The third-order valence-electron chi connectivity index (χ3n) is 3.56. The van der Waals surface area contributed by atoms with E-state index in [-0.39, 0.29) is 11.9 Å². The number of nitrogens with one attached hydrogen (secondary N) is 2. The SMILES string of the molecule is CC(NCC(=O)NC1CCCCC1)c1ccc(Cl)s1. The van der Waals surface area contributed by atoms with Crippen molar-refractivity contribution in [1.29, 1.82) is 0 Å². The normalized spacial score (nSPS) is 18.2. The maximum Gasteiger partial charge on any atom is 0.234 e. The number of rotatable bonds is 5. The third kappa shape index (κ3) is 4.79. The van der Waals surface area contributed by atoms with Crippen LogP contribution >= 0.6 is 22.9 Å². The van der Waals surface area contributed by atoms with Gasteiger partial charge in [-0.15, -0.1) is 11.3 Å². The molecule has 0 bridgehead atoms. The van der Waals surface area contributed by atoms with E-state index in [1.54, 1.807) is 11.3 Å². The maximum absolute atomic E-state index is 11.9. The van der Waals surface area contributed by atoms with Gasteiger partial charge in [0.05, 0.1) is 10.9 Å². The molecule has 2 N–H and O–H groups in total. The fourth-order valence-corrected chi connectivity index (χ4v) is 3.52. The Hall–Kier alpha value is -0.580. The van der Waals surface area contributed by atoms with Crippen LogP contribution in [-0.2, 0) is 4.79 Å². The van der Waals surface area contributed by atoms with Crippen LogP contribution < -0.4 is 10.6 Å². The molecular formula is C14H21ClN2OS. The van der Waals surface area contributed by atoms with Crippen molar-refractivity contribution >= 4 is 28.8 Å². The molecule has 1 saturated carbocycles. The van der Waals surface area contributed by atoms with Crippen molar-refractivity contribution in [1.82, 2.24) is 10.6 Å². The minimum Gasteiger partial charge on any atom is -0.352 e. The van der Waals surface area contributed by atoms with Gasteiger partial charge in [0, 0.05) is 17.0 Å². The van der Waals surface area contributed by atoms with E-state index in [0.717, 1.165) is 22.1 Å². The Morgan fingerprint density at radius 1 is 1.42 bits per heavy atom. The molecule has 1 aliphatic carbocycles. The van der Waals surface area contributed by atoms with E-state index in [1.165, 1.54) is 19.3 Å². The molecular weight excluding hydrogens is 280 g/mol. The van der Waals surface area contributed by atoms with E-state index >= 15 is 0 Å². The molecule has 5 heteroatoms. The van der Waals surface area contributed by atoms with Crippen LogP contribution in [0.4, 0.5) is 0 Å². The summed E-state index contributed by atoms with van der Waals surface area (Å²) in [4.78, 5) is 13.0. The molecule has 1 amide bonds. The van der Waals surface area contributed by atoms with Crippen molar-refractivity contribution in [3.63, 3.8) is 0 Å². The first-order chi connectivity index (χ1) is 9.15. The largest absolute Gasteiger partial charge is 0.352 e. The summed E-state index contributed by atoms with van der Waals surface area (Å²) in [6.45, 7) is 2.42. The lowest BCUT2D eigenvalue weighted by molar-refractivity contribution is -0.121. The van der Waals surface area contributed by atoms with Crippen LogP contribution in [0.15, 0.2) is 12.1 Å². The molecule has 3 nitrogen and oxygen atoms in total. The molecule has 1 aromatic heterocycles. The van der Waals surface area contributed by atoms with Gasteiger partial charge in [-0.2, -0.15) is 0 Å². The molecule has 19 heavy (non-hydrogen) atoms. The Balaban J connectivity index is 1.70. The lowest BCUT2D eigenvalue weighted by Crippen LogP contribution is -2.41. The molecule has 0 aliphatic heterocycles. The van der Waals surface area contributed by atoms with E-state index in [4.69, 9.17) is 11.6 Å². The smallest absolute Gasteiger partial charge is 0.234 e. The van der Waals surface area contributed by atoms with Gasteiger partial charge in [-0.1, -0.05) is 30.9 Å². The summed E-state index contributed by atoms with van der Waals surface area (Å²) in [5, 5.41) is 6.35. The number of hydrogen-bond donors (Lipinski definition) is 2. The molecule has 0 spiro atoms. The Labute approximate surface area is 123 Å². The molecule has 106 valence electrons. The number of thiophene rings is 1. The molecule has 0 radical (unpaired) electrons. The van der Waals surface area contributed by atoms with Gasteiger partial charge in [-0.05, 0) is 31.9 Å². The Morgan fingerprint density at radius 3 is 2.79 bits per heavy atom. The number of carbonyl (C=O) groups is 1. The van der Waals surface area contributed by atoms with E-state index in [9.17, 15) is 4.79 Å². The third-order valence-corrected chi connectivity index (χ3v) is 4.97. The average molecular weight is 301 g/mol. The molecule has 1 unspecified atom stereocenters. The van der Waals surface area contributed by atoms with Gasteiger partial charge in [-0.25, -0.2) is 0 Å². The highest BCUT2D eigenvalue weighted by atomic mass is 35.5. The van der Waals surface area contributed by atoms with Gasteiger partial charge in [0.2, 0.25) is 5.91 Å². The summed E-state index contributed by atoms with van der Waals surface area (Å²) in [5.74, 6) is 0.0985. The van der Waals surface area contributed by atoms with Crippen LogP contribution in [0.5, 0.6) is 0 Å². The number of amides is 1. The summed E-state index contributed by atoms with van der Waals surface area (Å²) in [6.07, 6.45) is 6.04. The minimum absolute atomic E-state index is 0.0985. The van der Waals surface area contributed by atoms with Crippen molar-refractivity contribution in [3.8, 4) is 0 Å². The van der Waals surface area contributed by atoms with Crippen molar-refractivity contribution < 1.29 is 4.79 Å². The quantitative estimate of drug-likeness (QED) is 0.874. The highest BCUT2D eigenvalue weighted by Crippen LogP contribution is 2.26. The maximum atomic E-state index is 11.9. The van der Waals surface area contributed by atoms with Crippen LogP contribution in [0, 0.1) is 0 Å². The molecule has 0 saturated heterocycles. The predicted molar refractivity (Wildman–Crippen MR) is 80.8 cm³/mol. The topological polar surface area (TPSA) is 41.1 Å². The van der Waals surface area contributed by atoms with Gasteiger partial charge in [0.1, 0.15) is 0 Å². The Bertz CT molecular complexity index is 415. The fourth-order valence-electron chi connectivity index (χ4n) is 2.43. The molecule has 1 aromatic rings. The molecule has 1 fully saturated rings. The van der Waals surface area contributed by atoms with Gasteiger partial charge in [0.15, 0.2) is 0 Å². The summed E-state index contributed by atoms with van der Waals surface area (Å²) >= 11 is 7.46. The van der Waals surface area contributed by atoms with Crippen LogP contribution in [0.1, 0.15) is 49.9 Å². The molecule has 0 aromatic carbocycles. The zero-order valence-electron chi connectivity index (χ0n) is 11.2. The molecule has 1 aliphatic rings. The summed E-state index contributed by atoms with van der Waals surface area (Å²) in [6, 6.07) is 4.44. The van der Waals surface area contributed by atoms with Gasteiger partial charge >= 0.3 is 0 Å². The van der Waals surface area contributed by atoms with E-state index in [1.807, 2.05) is 12.1 Å². The van der Waals surface area contributed by atoms with E-state index in [0.29, 0.717) is 12.6 Å². The molecule has 1 atom stereocenters. The monoisotopic (exact) mass is 300 g/mol. The van der Waals surface area contributed by atoms with Crippen molar-refractivity contribution in [2.45, 2.75) is 51.1 Å². The second-order valence-corrected chi connectivity index (χ2v) is 6.89. The zero-order valence-corrected chi connectivity index (χ0v) is 12.8. The number of hydrogen-bond acceptors (Lipinski definition) is 3. The zero-order chi connectivity index (χ0) is 13.7. The van der Waals surface area contributed by atoms with Gasteiger partial charge < -0.3 is 10.6 Å². The van der Waals surface area contributed by atoms with Gasteiger partial charge in [-0.3, -0.25) is 4.79 Å². The summed E-state index contributed by atoms with van der Waals surface area (Å²) in [7, 11) is 0. The highest BCUT2D eigenvalue weighted by Gasteiger charge is 2.16. The summed E-state index contributed by atoms with van der Waals surface area (Å²) < 4.78 is 0.787. The number of carbonyl (C=O) groups excluding carboxylic acids is 1. The van der Waals surface area contributed by atoms with E-state index < -0.39 is 0 Å². The average Bonchev–Trinajstić information content (AvgIpc) is 2.84. The minimum atomic E-state index is 0.0985.